The fourth-order valence-corrected chi connectivity index (χ4v) is 1.83. The number of anilines is 2. The number of para-hydroxylation sites is 2. The highest BCUT2D eigenvalue weighted by Crippen LogP contribution is 2.37. The van der Waals surface area contributed by atoms with Gasteiger partial charge in [-0.1, -0.05) is 26.0 Å². The average molecular weight is 234 g/mol. The predicted molar refractivity (Wildman–Crippen MR) is 67.3 cm³/mol. The Kier molecular flexibility index (Phi) is 2.83. The summed E-state index contributed by atoms with van der Waals surface area (Å²) >= 11 is 0. The lowest BCUT2D eigenvalue weighted by Crippen LogP contribution is -2.33. The monoisotopic (exact) mass is 234 g/mol. The zero-order valence-electron chi connectivity index (χ0n) is 10.4. The van der Waals surface area contributed by atoms with Crippen molar-refractivity contribution in [2.75, 3.05) is 10.8 Å². The van der Waals surface area contributed by atoms with E-state index >= 15 is 0 Å². The number of nitrogens with zero attached hydrogens (tertiary/aromatic N) is 1. The number of hydrogen-bond donors (Lipinski definition) is 1. The summed E-state index contributed by atoms with van der Waals surface area (Å²) < 4.78 is 0. The van der Waals surface area contributed by atoms with Crippen LogP contribution in [0.25, 0.3) is 0 Å². The molecule has 1 amide bonds. The van der Waals surface area contributed by atoms with Crippen molar-refractivity contribution in [1.82, 2.24) is 0 Å². The predicted octanol–water partition coefficient (Wildman–Crippen LogP) is 2.35. The van der Waals surface area contributed by atoms with Crippen LogP contribution in [0.5, 0.6) is 0 Å². The number of hydrogen-bond acceptors (Lipinski definition) is 3. The van der Waals surface area contributed by atoms with E-state index in [4.69, 9.17) is 10.6 Å². The molecule has 17 heavy (non-hydrogen) atoms. The van der Waals surface area contributed by atoms with Crippen molar-refractivity contribution in [2.24, 2.45) is 5.92 Å². The molecule has 1 aliphatic heterocycles. The topological polar surface area (TPSA) is 55.6 Å². The lowest BCUT2D eigenvalue weighted by molar-refractivity contribution is -0.119. The number of carbonyl (C=O) groups is 1. The van der Waals surface area contributed by atoms with Crippen molar-refractivity contribution in [3.63, 3.8) is 0 Å². The summed E-state index contributed by atoms with van der Waals surface area (Å²) in [6, 6.07) is 7.23. The Morgan fingerprint density at radius 3 is 2.59 bits per heavy atom. The van der Waals surface area contributed by atoms with Gasteiger partial charge in [-0.05, 0) is 25.0 Å². The van der Waals surface area contributed by atoms with Crippen LogP contribution in [0.4, 0.5) is 11.4 Å². The van der Waals surface area contributed by atoms with Crippen molar-refractivity contribution in [1.29, 1.82) is 0 Å². The molecule has 2 N–H and O–H groups in total. The van der Waals surface area contributed by atoms with Crippen LogP contribution in [0, 0.1) is 5.92 Å². The van der Waals surface area contributed by atoms with Gasteiger partial charge >= 0.3 is 0 Å². The van der Waals surface area contributed by atoms with Gasteiger partial charge in [0.15, 0.2) is 0 Å². The molecule has 1 unspecified atom stereocenters. The van der Waals surface area contributed by atoms with Gasteiger partial charge in [0.2, 0.25) is 0 Å². The summed E-state index contributed by atoms with van der Waals surface area (Å²) in [7, 11) is 0. The first-order valence-corrected chi connectivity index (χ1v) is 5.80. The second kappa shape index (κ2) is 4.04. The lowest BCUT2D eigenvalue weighted by Gasteiger charge is -2.27. The summed E-state index contributed by atoms with van der Waals surface area (Å²) in [5.74, 6) is 0.223. The Morgan fingerprint density at radius 1 is 1.41 bits per heavy atom. The minimum absolute atomic E-state index is 0.0425. The summed E-state index contributed by atoms with van der Waals surface area (Å²) in [6.45, 7) is 6.05. The minimum atomic E-state index is -0.445. The maximum atomic E-state index is 12.0. The van der Waals surface area contributed by atoms with E-state index in [0.717, 1.165) is 0 Å². The van der Waals surface area contributed by atoms with Crippen LogP contribution in [0.15, 0.2) is 24.3 Å². The largest absolute Gasteiger partial charge is 0.397 e. The average Bonchev–Trinajstić information content (AvgIpc) is 2.56. The molecule has 0 radical (unpaired) electrons. The zero-order valence-corrected chi connectivity index (χ0v) is 10.4. The highest BCUT2D eigenvalue weighted by Gasteiger charge is 2.44. The van der Waals surface area contributed by atoms with Gasteiger partial charge in [-0.25, -0.2) is 0 Å². The molecule has 1 aromatic carbocycles. The first kappa shape index (κ1) is 11.9. The number of amides is 1. The molecule has 0 saturated carbocycles. The van der Waals surface area contributed by atoms with E-state index in [0.29, 0.717) is 17.8 Å². The second-order valence-electron chi connectivity index (χ2n) is 4.98. The van der Waals surface area contributed by atoms with Gasteiger partial charge in [0.05, 0.1) is 17.8 Å². The Balaban J connectivity index is 2.31. The molecule has 1 aromatic rings. The summed E-state index contributed by atoms with van der Waals surface area (Å²) in [5.41, 5.74) is 6.58. The second-order valence-corrected chi connectivity index (χ2v) is 4.98. The Morgan fingerprint density at radius 2 is 2.06 bits per heavy atom. The molecule has 4 heteroatoms. The van der Waals surface area contributed by atoms with Gasteiger partial charge in [0, 0.05) is 0 Å². The third kappa shape index (κ3) is 2.00. The molecule has 1 atom stereocenters. The number of carbonyl (C=O) groups excluding carboxylic acids is 1. The van der Waals surface area contributed by atoms with E-state index in [1.165, 1.54) is 5.06 Å². The summed E-state index contributed by atoms with van der Waals surface area (Å²) in [6.07, 6.45) is 0.388. The van der Waals surface area contributed by atoms with Crippen LogP contribution in [0.2, 0.25) is 0 Å². The molecule has 0 aromatic heterocycles. The lowest BCUT2D eigenvalue weighted by atomic mass is 9.90. The standard InChI is InChI=1S/C13H18N2O2/c1-9(2)13(3)8-12(16)15(17-13)11-7-5-4-6-10(11)14/h4-7,9H,8,14H2,1-3H3. The molecule has 1 heterocycles. The summed E-state index contributed by atoms with van der Waals surface area (Å²) in [4.78, 5) is 17.8. The Bertz CT molecular complexity index is 445. The van der Waals surface area contributed by atoms with Crippen molar-refractivity contribution in [2.45, 2.75) is 32.8 Å². The van der Waals surface area contributed by atoms with Gasteiger partial charge < -0.3 is 5.73 Å². The molecule has 0 spiro atoms. The molecule has 1 saturated heterocycles. The number of hydroxylamine groups is 1. The van der Waals surface area contributed by atoms with Gasteiger partial charge in [0.25, 0.3) is 5.91 Å². The van der Waals surface area contributed by atoms with E-state index < -0.39 is 5.60 Å². The molecule has 2 rings (SSSR count). The van der Waals surface area contributed by atoms with E-state index in [9.17, 15) is 4.79 Å². The Labute approximate surface area is 101 Å². The van der Waals surface area contributed by atoms with Crippen molar-refractivity contribution in [3.8, 4) is 0 Å². The third-order valence-corrected chi connectivity index (χ3v) is 3.41. The van der Waals surface area contributed by atoms with E-state index in [2.05, 4.69) is 0 Å². The third-order valence-electron chi connectivity index (χ3n) is 3.41. The molecular formula is C13H18N2O2. The first-order valence-electron chi connectivity index (χ1n) is 5.80. The molecule has 1 fully saturated rings. The van der Waals surface area contributed by atoms with Crippen molar-refractivity contribution in [3.05, 3.63) is 24.3 Å². The van der Waals surface area contributed by atoms with E-state index in [1.807, 2.05) is 32.9 Å². The van der Waals surface area contributed by atoms with Gasteiger partial charge in [0.1, 0.15) is 5.60 Å². The molecule has 0 bridgehead atoms. The normalized spacial score (nSPS) is 24.7. The summed E-state index contributed by atoms with van der Waals surface area (Å²) in [5, 5.41) is 1.33. The quantitative estimate of drug-likeness (QED) is 0.799. The number of rotatable bonds is 2. The SMILES string of the molecule is CC(C)C1(C)CC(=O)N(c2ccccc2N)O1. The smallest absolute Gasteiger partial charge is 0.253 e. The number of benzene rings is 1. The molecular weight excluding hydrogens is 216 g/mol. The highest BCUT2D eigenvalue weighted by molar-refractivity contribution is 5.96. The van der Waals surface area contributed by atoms with Crippen molar-refractivity contribution >= 4 is 17.3 Å². The van der Waals surface area contributed by atoms with Crippen LogP contribution in [0.1, 0.15) is 27.2 Å². The maximum Gasteiger partial charge on any atom is 0.253 e. The molecule has 4 nitrogen and oxygen atoms in total. The Hall–Kier alpha value is -1.55. The first-order chi connectivity index (χ1) is 7.94. The van der Waals surface area contributed by atoms with Crippen LogP contribution in [0.3, 0.4) is 0 Å². The van der Waals surface area contributed by atoms with Crippen molar-refractivity contribution < 1.29 is 9.63 Å². The van der Waals surface area contributed by atoms with Crippen LogP contribution in [-0.2, 0) is 9.63 Å². The van der Waals surface area contributed by atoms with Crippen LogP contribution < -0.4 is 10.8 Å². The molecule has 0 aliphatic carbocycles. The van der Waals surface area contributed by atoms with Crippen LogP contribution in [-0.4, -0.2) is 11.5 Å². The highest BCUT2D eigenvalue weighted by atomic mass is 16.7. The van der Waals surface area contributed by atoms with Gasteiger partial charge in [-0.2, -0.15) is 5.06 Å². The number of nitrogen functional groups attached to an aromatic ring is 1. The van der Waals surface area contributed by atoms with Crippen LogP contribution >= 0.6 is 0 Å². The fourth-order valence-electron chi connectivity index (χ4n) is 1.83. The van der Waals surface area contributed by atoms with Gasteiger partial charge in [-0.15, -0.1) is 0 Å². The zero-order chi connectivity index (χ0) is 12.6. The number of nitrogens with two attached hydrogens (primary N) is 1. The fraction of sp³-hybridized carbons (Fsp3) is 0.462. The van der Waals surface area contributed by atoms with E-state index in [1.54, 1.807) is 12.1 Å². The maximum absolute atomic E-state index is 12.0. The molecule has 1 aliphatic rings. The molecule has 92 valence electrons. The minimum Gasteiger partial charge on any atom is -0.397 e. The van der Waals surface area contributed by atoms with Gasteiger partial charge in [-0.3, -0.25) is 9.63 Å². The van der Waals surface area contributed by atoms with E-state index in [-0.39, 0.29) is 11.8 Å².